The summed E-state index contributed by atoms with van der Waals surface area (Å²) in [4.78, 5) is 28.8. The van der Waals surface area contributed by atoms with Crippen molar-refractivity contribution in [3.8, 4) is 5.75 Å². The minimum Gasteiger partial charge on any atom is -0.487 e. The molecule has 1 aromatic carbocycles. The van der Waals surface area contributed by atoms with E-state index in [-0.39, 0.29) is 11.5 Å². The lowest BCUT2D eigenvalue weighted by atomic mass is 10.0. The van der Waals surface area contributed by atoms with Crippen molar-refractivity contribution in [2.75, 3.05) is 30.4 Å². The van der Waals surface area contributed by atoms with Gasteiger partial charge in [0, 0.05) is 50.6 Å². The summed E-state index contributed by atoms with van der Waals surface area (Å²) in [5.74, 6) is 1.35. The van der Waals surface area contributed by atoms with Crippen molar-refractivity contribution in [2.45, 2.75) is 39.2 Å². The average Bonchev–Trinajstić information content (AvgIpc) is 3.48. The maximum atomic E-state index is 13.1. The number of hydrogen-bond acceptors (Lipinski definition) is 6. The molecule has 0 bridgehead atoms. The molecule has 0 spiro atoms. The molecule has 0 aliphatic carbocycles. The Labute approximate surface area is 193 Å². The third kappa shape index (κ3) is 4.76. The highest BCUT2D eigenvalue weighted by Crippen LogP contribution is 2.42. The first kappa shape index (κ1) is 22.6. The van der Waals surface area contributed by atoms with Crippen LogP contribution in [0.4, 0.5) is 11.4 Å². The Hall–Kier alpha value is -3.62. The first-order valence-corrected chi connectivity index (χ1v) is 11.1. The molecular formula is C24H30N6O3. The molecule has 4 heterocycles. The Morgan fingerprint density at radius 2 is 2.12 bits per heavy atom. The van der Waals surface area contributed by atoms with Crippen LogP contribution in [0.1, 0.15) is 43.1 Å². The van der Waals surface area contributed by atoms with Crippen molar-refractivity contribution in [2.24, 2.45) is 5.92 Å². The molecule has 0 saturated carbocycles. The number of rotatable bonds is 4. The molecule has 3 aromatic rings. The number of ether oxygens (including phenoxy) is 1. The van der Waals surface area contributed by atoms with Crippen LogP contribution in [0.15, 0.2) is 36.8 Å². The van der Waals surface area contributed by atoms with Gasteiger partial charge in [0.25, 0.3) is 5.91 Å². The van der Waals surface area contributed by atoms with Crippen LogP contribution in [-0.2, 0) is 11.2 Å². The highest BCUT2D eigenvalue weighted by molar-refractivity contribution is 6.09. The number of amides is 2. The smallest absolute Gasteiger partial charge is 0.261 e. The number of anilines is 2. The first-order valence-electron chi connectivity index (χ1n) is 11.1. The van der Waals surface area contributed by atoms with Gasteiger partial charge in [-0.2, -0.15) is 5.10 Å². The number of carbonyl (C=O) groups excluding carboxylic acids is 2. The molecule has 2 aromatic heterocycles. The van der Waals surface area contributed by atoms with Crippen molar-refractivity contribution < 1.29 is 14.3 Å². The molecule has 2 aliphatic rings. The minimum atomic E-state index is -0.229. The van der Waals surface area contributed by atoms with E-state index in [4.69, 9.17) is 9.53 Å². The fraction of sp³-hybridized carbons (Fsp3) is 0.417. The minimum absolute atomic E-state index is 0.203. The molecule has 174 valence electrons. The largest absolute Gasteiger partial charge is 0.487 e. The topological polar surface area (TPSA) is 101 Å². The van der Waals surface area contributed by atoms with Crippen LogP contribution < -0.4 is 20.3 Å². The maximum Gasteiger partial charge on any atom is 0.261 e. The number of nitrogens with one attached hydrogen (secondary N) is 2. The van der Waals surface area contributed by atoms with E-state index < -0.39 is 0 Å². The summed E-state index contributed by atoms with van der Waals surface area (Å²) in [5, 5.41) is 9.61. The van der Waals surface area contributed by atoms with Gasteiger partial charge in [-0.1, -0.05) is 6.92 Å². The molecule has 1 unspecified atom stereocenters. The highest BCUT2D eigenvalue weighted by atomic mass is 16.5. The molecule has 5 rings (SSSR count). The Kier molecular flexibility index (Phi) is 6.22. The quantitative estimate of drug-likeness (QED) is 0.593. The van der Waals surface area contributed by atoms with Crippen LogP contribution in [0.5, 0.6) is 5.75 Å². The zero-order chi connectivity index (χ0) is 23.6. The lowest BCUT2D eigenvalue weighted by Crippen LogP contribution is -2.24. The van der Waals surface area contributed by atoms with E-state index in [9.17, 15) is 4.79 Å². The lowest BCUT2D eigenvalue weighted by Gasteiger charge is -2.23. The monoisotopic (exact) mass is 450 g/mol. The van der Waals surface area contributed by atoms with Crippen LogP contribution in [0, 0.1) is 5.92 Å². The summed E-state index contributed by atoms with van der Waals surface area (Å²) in [6.45, 7) is 8.39. The van der Waals surface area contributed by atoms with E-state index in [2.05, 4.69) is 58.5 Å². The van der Waals surface area contributed by atoms with Crippen molar-refractivity contribution >= 4 is 29.3 Å². The number of hydrogen-bond donors (Lipinski definition) is 2. The fourth-order valence-electron chi connectivity index (χ4n) is 4.33. The molecule has 0 radical (unpaired) electrons. The number of nitrogens with zero attached hydrogens (tertiary/aromatic N) is 4. The van der Waals surface area contributed by atoms with Crippen LogP contribution in [0.3, 0.4) is 0 Å². The molecule has 2 aliphatic heterocycles. The molecule has 2 amide bonds. The Bertz CT molecular complexity index is 1170. The second-order valence-corrected chi connectivity index (χ2v) is 9.16. The predicted molar refractivity (Wildman–Crippen MR) is 127 cm³/mol. The SMILES string of the molecule is CC1CCN(c2cc3c(cc2NC(=O)c2cnn4cccnc24)CC(C)(C)O3)C1.CNC=O. The van der Waals surface area contributed by atoms with Crippen LogP contribution in [0.25, 0.3) is 5.65 Å². The fourth-order valence-corrected chi connectivity index (χ4v) is 4.33. The van der Waals surface area contributed by atoms with Crippen LogP contribution in [-0.4, -0.2) is 52.7 Å². The molecule has 33 heavy (non-hydrogen) atoms. The Balaban J connectivity index is 0.000000601. The van der Waals surface area contributed by atoms with Crippen molar-refractivity contribution in [3.63, 3.8) is 0 Å². The van der Waals surface area contributed by atoms with Gasteiger partial charge in [0.2, 0.25) is 6.41 Å². The second-order valence-electron chi connectivity index (χ2n) is 9.16. The summed E-state index contributed by atoms with van der Waals surface area (Å²) < 4.78 is 7.76. The van der Waals surface area contributed by atoms with Gasteiger partial charge in [0.15, 0.2) is 5.65 Å². The van der Waals surface area contributed by atoms with Gasteiger partial charge in [-0.15, -0.1) is 0 Å². The van der Waals surface area contributed by atoms with Crippen molar-refractivity contribution in [1.82, 2.24) is 19.9 Å². The second kappa shape index (κ2) is 9.09. The van der Waals surface area contributed by atoms with E-state index in [1.165, 1.54) is 0 Å². The molecule has 1 saturated heterocycles. The maximum absolute atomic E-state index is 13.1. The third-order valence-electron chi connectivity index (χ3n) is 5.84. The summed E-state index contributed by atoms with van der Waals surface area (Å²) in [6.07, 6.45) is 7.61. The molecular weight excluding hydrogens is 420 g/mol. The van der Waals surface area contributed by atoms with Gasteiger partial charge < -0.3 is 20.3 Å². The summed E-state index contributed by atoms with van der Waals surface area (Å²) >= 11 is 0. The normalized spacial score (nSPS) is 18.2. The summed E-state index contributed by atoms with van der Waals surface area (Å²) in [5.41, 5.74) is 3.74. The summed E-state index contributed by atoms with van der Waals surface area (Å²) in [7, 11) is 1.56. The molecule has 1 atom stereocenters. The van der Waals surface area contributed by atoms with Crippen LogP contribution >= 0.6 is 0 Å². The number of fused-ring (bicyclic) bond motifs is 2. The Morgan fingerprint density at radius 3 is 2.82 bits per heavy atom. The van der Waals surface area contributed by atoms with Gasteiger partial charge in [-0.25, -0.2) is 9.50 Å². The molecule has 9 heteroatoms. The van der Waals surface area contributed by atoms with Gasteiger partial charge in [0.1, 0.15) is 16.9 Å². The van der Waals surface area contributed by atoms with Crippen molar-refractivity contribution in [3.05, 3.63) is 47.9 Å². The van der Waals surface area contributed by atoms with Gasteiger partial charge >= 0.3 is 0 Å². The molecule has 1 fully saturated rings. The number of benzene rings is 1. The van der Waals surface area contributed by atoms with E-state index in [1.54, 1.807) is 36.2 Å². The highest BCUT2D eigenvalue weighted by Gasteiger charge is 2.33. The van der Waals surface area contributed by atoms with Gasteiger partial charge in [-0.3, -0.25) is 9.59 Å². The average molecular weight is 451 g/mol. The van der Waals surface area contributed by atoms with Gasteiger partial charge in [0.05, 0.1) is 17.6 Å². The summed E-state index contributed by atoms with van der Waals surface area (Å²) in [6, 6.07) is 5.95. The lowest BCUT2D eigenvalue weighted by molar-refractivity contribution is -0.109. The van der Waals surface area contributed by atoms with Gasteiger partial charge in [-0.05, 0) is 38.3 Å². The standard InChI is InChI=1S/C22H25N5O2.C2H5NO/c1-14-5-8-26(13-14)18-10-19-15(11-22(2,3)29-19)9-17(18)25-21(28)16-12-24-27-7-4-6-23-20(16)27;1-3-2-4/h4,6-7,9-10,12,14H,5,8,11,13H2,1-3H3,(H,25,28);2H,1H3,(H,3,4). The molecule has 2 N–H and O–H groups in total. The Morgan fingerprint density at radius 1 is 1.33 bits per heavy atom. The van der Waals surface area contributed by atoms with Crippen LogP contribution in [0.2, 0.25) is 0 Å². The zero-order valence-corrected chi connectivity index (χ0v) is 19.5. The molecule has 9 nitrogen and oxygen atoms in total. The number of aromatic nitrogens is 3. The van der Waals surface area contributed by atoms with Crippen molar-refractivity contribution in [1.29, 1.82) is 0 Å². The predicted octanol–water partition coefficient (Wildman–Crippen LogP) is 2.90. The van der Waals surface area contributed by atoms with E-state index >= 15 is 0 Å². The number of carbonyl (C=O) groups is 2. The van der Waals surface area contributed by atoms with E-state index in [0.717, 1.165) is 48.6 Å². The van der Waals surface area contributed by atoms with E-state index in [0.29, 0.717) is 23.5 Å². The third-order valence-corrected chi connectivity index (χ3v) is 5.84. The zero-order valence-electron chi connectivity index (χ0n) is 19.5. The first-order chi connectivity index (χ1) is 15.8. The van der Waals surface area contributed by atoms with E-state index in [1.807, 2.05) is 0 Å².